The summed E-state index contributed by atoms with van der Waals surface area (Å²) in [5, 5.41) is 2.70. The highest BCUT2D eigenvalue weighted by Gasteiger charge is 2.42. The fraction of sp³-hybridized carbons (Fsp3) is 0.350. The molecule has 0 unspecified atom stereocenters. The van der Waals surface area contributed by atoms with E-state index < -0.39 is 24.3 Å². The molecule has 7 nitrogen and oxygen atoms in total. The number of aromatic nitrogens is 1. The minimum atomic E-state index is -0.643. The van der Waals surface area contributed by atoms with Gasteiger partial charge in [0.2, 0.25) is 0 Å². The zero-order chi connectivity index (χ0) is 18.7. The predicted octanol–water partition coefficient (Wildman–Crippen LogP) is 3.31. The summed E-state index contributed by atoms with van der Waals surface area (Å²) in [7, 11) is 0. The third-order valence-corrected chi connectivity index (χ3v) is 4.64. The van der Waals surface area contributed by atoms with Gasteiger partial charge >= 0.3 is 5.97 Å². The molecule has 0 bridgehead atoms. The van der Waals surface area contributed by atoms with Gasteiger partial charge in [0.25, 0.3) is 11.7 Å². The summed E-state index contributed by atoms with van der Waals surface area (Å²) < 4.78 is 17.0. The Hall–Kier alpha value is -3.09. The van der Waals surface area contributed by atoms with E-state index in [1.807, 2.05) is 0 Å². The first-order chi connectivity index (χ1) is 13.1. The number of ether oxygens (including phenoxy) is 3. The number of fused-ring (bicyclic) bond motifs is 1. The molecule has 7 heteroatoms. The highest BCUT2D eigenvalue weighted by molar-refractivity contribution is 5.95. The van der Waals surface area contributed by atoms with Crippen molar-refractivity contribution < 1.29 is 23.8 Å². The molecule has 1 aliphatic carbocycles. The topological polar surface area (TPSA) is 86.8 Å². The average Bonchev–Trinajstić information content (AvgIpc) is 3.03. The Bertz CT molecular complexity index is 847. The quantitative estimate of drug-likeness (QED) is 0.833. The lowest BCUT2D eigenvalue weighted by Gasteiger charge is -2.31. The monoisotopic (exact) mass is 368 g/mol. The van der Waals surface area contributed by atoms with Crippen molar-refractivity contribution in [2.75, 3.05) is 11.9 Å². The standard InChI is InChI=1S/C20H20N2O5/c23-18(13-25-19(24)15-6-2-5-11-21-15)22-14-7-8-16-17(12-14)27-20(26-16)9-3-1-4-10-20/h2,5-8,11-12H,1,3-4,9-10,13H2,(H,22,23). The number of carbonyl (C=O) groups excluding carboxylic acids is 2. The number of amides is 1. The van der Waals surface area contributed by atoms with Gasteiger partial charge in [0.1, 0.15) is 5.69 Å². The molecule has 1 amide bonds. The van der Waals surface area contributed by atoms with E-state index in [0.717, 1.165) is 25.7 Å². The van der Waals surface area contributed by atoms with E-state index in [1.54, 1.807) is 30.3 Å². The molecule has 1 aromatic heterocycles. The van der Waals surface area contributed by atoms with Gasteiger partial charge in [0, 0.05) is 30.8 Å². The Morgan fingerprint density at radius 3 is 2.67 bits per heavy atom. The van der Waals surface area contributed by atoms with Crippen molar-refractivity contribution >= 4 is 17.6 Å². The molecule has 2 aliphatic rings. The van der Waals surface area contributed by atoms with E-state index >= 15 is 0 Å². The van der Waals surface area contributed by atoms with Gasteiger partial charge in [-0.25, -0.2) is 9.78 Å². The highest BCUT2D eigenvalue weighted by Crippen LogP contribution is 2.46. The number of hydrogen-bond acceptors (Lipinski definition) is 6. The van der Waals surface area contributed by atoms with Crippen molar-refractivity contribution in [2.45, 2.75) is 37.9 Å². The van der Waals surface area contributed by atoms with Crippen LogP contribution in [0.1, 0.15) is 42.6 Å². The summed E-state index contributed by atoms with van der Waals surface area (Å²) in [4.78, 5) is 27.8. The molecule has 0 atom stereocenters. The maximum atomic E-state index is 12.1. The van der Waals surface area contributed by atoms with Gasteiger partial charge < -0.3 is 19.5 Å². The third-order valence-electron chi connectivity index (χ3n) is 4.64. The van der Waals surface area contributed by atoms with Gasteiger partial charge in [-0.15, -0.1) is 0 Å². The van der Waals surface area contributed by atoms with Crippen LogP contribution in [0.2, 0.25) is 0 Å². The SMILES string of the molecule is O=C(COC(=O)c1ccccn1)Nc1ccc2c(c1)OC1(CCCCC1)O2. The van der Waals surface area contributed by atoms with Crippen LogP contribution in [0.25, 0.3) is 0 Å². The molecule has 1 fully saturated rings. The van der Waals surface area contributed by atoms with Crippen molar-refractivity contribution in [1.29, 1.82) is 0 Å². The maximum absolute atomic E-state index is 12.1. The molecular weight excluding hydrogens is 348 g/mol. The number of esters is 1. The Labute approximate surface area is 156 Å². The Kier molecular flexibility index (Phi) is 4.66. The molecule has 1 aliphatic heterocycles. The van der Waals surface area contributed by atoms with Crippen LogP contribution < -0.4 is 14.8 Å². The van der Waals surface area contributed by atoms with Crippen LogP contribution in [-0.4, -0.2) is 29.3 Å². The van der Waals surface area contributed by atoms with Crippen LogP contribution in [0.4, 0.5) is 5.69 Å². The molecule has 1 aromatic carbocycles. The molecule has 27 heavy (non-hydrogen) atoms. The second kappa shape index (κ2) is 7.26. The minimum absolute atomic E-state index is 0.158. The van der Waals surface area contributed by atoms with Crippen LogP contribution in [0.3, 0.4) is 0 Å². The van der Waals surface area contributed by atoms with Gasteiger partial charge in [-0.1, -0.05) is 12.5 Å². The molecule has 2 heterocycles. The van der Waals surface area contributed by atoms with E-state index in [1.165, 1.54) is 18.7 Å². The first kappa shape index (κ1) is 17.3. The van der Waals surface area contributed by atoms with Gasteiger partial charge in [-0.2, -0.15) is 0 Å². The number of nitrogens with one attached hydrogen (secondary N) is 1. The Morgan fingerprint density at radius 1 is 1.07 bits per heavy atom. The second-order valence-corrected chi connectivity index (χ2v) is 6.68. The smallest absolute Gasteiger partial charge is 0.357 e. The molecule has 1 saturated carbocycles. The number of nitrogens with zero attached hydrogens (tertiary/aromatic N) is 1. The van der Waals surface area contributed by atoms with E-state index in [2.05, 4.69) is 10.3 Å². The molecule has 140 valence electrons. The van der Waals surface area contributed by atoms with Crippen molar-refractivity contribution in [3.63, 3.8) is 0 Å². The van der Waals surface area contributed by atoms with Crippen LogP contribution in [0, 0.1) is 0 Å². The number of carbonyl (C=O) groups is 2. The van der Waals surface area contributed by atoms with Crippen LogP contribution >= 0.6 is 0 Å². The largest absolute Gasteiger partial charge is 0.451 e. The Balaban J connectivity index is 1.33. The molecule has 1 spiro atoms. The molecule has 1 N–H and O–H groups in total. The zero-order valence-corrected chi connectivity index (χ0v) is 14.8. The first-order valence-corrected chi connectivity index (χ1v) is 9.04. The number of rotatable bonds is 4. The van der Waals surface area contributed by atoms with E-state index in [-0.39, 0.29) is 5.69 Å². The molecular formula is C20H20N2O5. The van der Waals surface area contributed by atoms with Gasteiger partial charge in [0.05, 0.1) is 0 Å². The number of pyridine rings is 1. The minimum Gasteiger partial charge on any atom is -0.451 e. The fourth-order valence-corrected chi connectivity index (χ4v) is 3.35. The lowest BCUT2D eigenvalue weighted by atomic mass is 9.94. The van der Waals surface area contributed by atoms with E-state index in [4.69, 9.17) is 14.2 Å². The van der Waals surface area contributed by atoms with Crippen LogP contribution in [0.5, 0.6) is 11.5 Å². The molecule has 0 saturated heterocycles. The highest BCUT2D eigenvalue weighted by atomic mass is 16.7. The molecule has 4 rings (SSSR count). The fourth-order valence-electron chi connectivity index (χ4n) is 3.35. The van der Waals surface area contributed by atoms with Crippen molar-refractivity contribution in [3.05, 3.63) is 48.3 Å². The predicted molar refractivity (Wildman–Crippen MR) is 96.7 cm³/mol. The van der Waals surface area contributed by atoms with E-state index in [0.29, 0.717) is 17.2 Å². The second-order valence-electron chi connectivity index (χ2n) is 6.68. The van der Waals surface area contributed by atoms with Gasteiger partial charge in [-0.3, -0.25) is 4.79 Å². The summed E-state index contributed by atoms with van der Waals surface area (Å²) in [6, 6.07) is 10.2. The lowest BCUT2D eigenvalue weighted by molar-refractivity contribution is -0.119. The number of anilines is 1. The summed E-state index contributed by atoms with van der Waals surface area (Å²) in [6.07, 6.45) is 6.59. The van der Waals surface area contributed by atoms with Gasteiger partial charge in [-0.05, 0) is 37.1 Å². The lowest BCUT2D eigenvalue weighted by Crippen LogP contribution is -2.40. The summed E-state index contributed by atoms with van der Waals surface area (Å²) in [5.41, 5.74) is 0.718. The normalized spacial score (nSPS) is 16.7. The molecule has 0 radical (unpaired) electrons. The maximum Gasteiger partial charge on any atom is 0.357 e. The summed E-state index contributed by atoms with van der Waals surface area (Å²) in [6.45, 7) is -0.395. The van der Waals surface area contributed by atoms with E-state index in [9.17, 15) is 9.59 Å². The van der Waals surface area contributed by atoms with Crippen LogP contribution in [0.15, 0.2) is 42.6 Å². The third kappa shape index (κ3) is 3.86. The summed E-state index contributed by atoms with van der Waals surface area (Å²) >= 11 is 0. The average molecular weight is 368 g/mol. The Morgan fingerprint density at radius 2 is 1.89 bits per heavy atom. The zero-order valence-electron chi connectivity index (χ0n) is 14.8. The summed E-state index contributed by atoms with van der Waals surface area (Å²) in [5.74, 6) is -0.320. The van der Waals surface area contributed by atoms with Crippen molar-refractivity contribution in [2.24, 2.45) is 0 Å². The number of hydrogen-bond donors (Lipinski definition) is 1. The number of benzene rings is 1. The molecule has 2 aromatic rings. The van der Waals surface area contributed by atoms with Crippen molar-refractivity contribution in [3.8, 4) is 11.5 Å². The first-order valence-electron chi connectivity index (χ1n) is 9.04. The van der Waals surface area contributed by atoms with Gasteiger partial charge in [0.15, 0.2) is 18.1 Å². The van der Waals surface area contributed by atoms with Crippen molar-refractivity contribution in [1.82, 2.24) is 4.98 Å². The van der Waals surface area contributed by atoms with Crippen LogP contribution in [-0.2, 0) is 9.53 Å².